The van der Waals surface area contributed by atoms with Crippen LogP contribution in [0.15, 0.2) is 18.2 Å². The summed E-state index contributed by atoms with van der Waals surface area (Å²) in [6, 6.07) is 4.60. The van der Waals surface area contributed by atoms with Crippen molar-refractivity contribution >= 4 is 34.8 Å². The van der Waals surface area contributed by atoms with Crippen molar-refractivity contribution in [3.05, 3.63) is 33.8 Å². The van der Waals surface area contributed by atoms with Crippen molar-refractivity contribution in [1.29, 1.82) is 0 Å². The maximum Gasteiger partial charge on any atom is 0.181 e. The summed E-state index contributed by atoms with van der Waals surface area (Å²) < 4.78 is 0. The normalized spacial score (nSPS) is 21.8. The second kappa shape index (κ2) is 6.25. The molecule has 0 spiro atoms. The third kappa shape index (κ3) is 3.22. The van der Waals surface area contributed by atoms with Gasteiger partial charge in [-0.05, 0) is 25.1 Å². The Morgan fingerprint density at radius 3 is 2.70 bits per heavy atom. The molecule has 0 aromatic heterocycles. The van der Waals surface area contributed by atoms with E-state index in [2.05, 4.69) is 0 Å². The third-order valence-corrected chi connectivity index (χ3v) is 4.37. The van der Waals surface area contributed by atoms with E-state index in [1.165, 1.54) is 0 Å². The van der Waals surface area contributed by atoms with E-state index in [-0.39, 0.29) is 23.5 Å². The zero-order valence-electron chi connectivity index (χ0n) is 11.5. The van der Waals surface area contributed by atoms with E-state index in [9.17, 15) is 9.59 Å². The molecule has 0 saturated carbocycles. The van der Waals surface area contributed by atoms with Crippen LogP contribution in [0.2, 0.25) is 10.0 Å². The van der Waals surface area contributed by atoms with E-state index in [1.807, 2.05) is 18.7 Å². The Morgan fingerprint density at radius 2 is 2.10 bits per heavy atom. The van der Waals surface area contributed by atoms with Gasteiger partial charge in [0.2, 0.25) is 0 Å². The smallest absolute Gasteiger partial charge is 0.181 e. The molecule has 3 nitrogen and oxygen atoms in total. The summed E-state index contributed by atoms with van der Waals surface area (Å²) in [5.41, 5.74) is 0.480. The van der Waals surface area contributed by atoms with Crippen LogP contribution >= 0.6 is 23.2 Å². The van der Waals surface area contributed by atoms with E-state index < -0.39 is 0 Å². The lowest BCUT2D eigenvalue weighted by molar-refractivity contribution is -0.125. The van der Waals surface area contributed by atoms with Gasteiger partial charge in [-0.3, -0.25) is 14.5 Å². The Bertz CT molecular complexity index is 545. The monoisotopic (exact) mass is 313 g/mol. The van der Waals surface area contributed by atoms with Crippen LogP contribution in [-0.4, -0.2) is 35.6 Å². The van der Waals surface area contributed by atoms with Gasteiger partial charge in [0.1, 0.15) is 5.78 Å². The molecule has 5 heteroatoms. The molecule has 2 atom stereocenters. The van der Waals surface area contributed by atoms with Crippen LogP contribution < -0.4 is 0 Å². The van der Waals surface area contributed by atoms with Crippen molar-refractivity contribution in [3.63, 3.8) is 0 Å². The maximum absolute atomic E-state index is 12.5. The van der Waals surface area contributed by atoms with Gasteiger partial charge in [-0.15, -0.1) is 0 Å². The molecule has 1 aliphatic rings. The molecule has 20 heavy (non-hydrogen) atoms. The highest BCUT2D eigenvalue weighted by Gasteiger charge is 2.30. The first-order chi connectivity index (χ1) is 9.40. The maximum atomic E-state index is 12.5. The zero-order valence-corrected chi connectivity index (χ0v) is 13.0. The van der Waals surface area contributed by atoms with Crippen LogP contribution in [0.25, 0.3) is 0 Å². The molecule has 1 heterocycles. The number of nitrogens with zero attached hydrogens (tertiary/aromatic N) is 1. The van der Waals surface area contributed by atoms with Crippen molar-refractivity contribution in [2.24, 2.45) is 5.92 Å². The Hall–Kier alpha value is -0.900. The number of hydrogen-bond donors (Lipinski definition) is 0. The van der Waals surface area contributed by atoms with Gasteiger partial charge in [0.05, 0.1) is 11.1 Å². The molecule has 2 rings (SSSR count). The second-order valence-corrected chi connectivity index (χ2v) is 6.12. The highest BCUT2D eigenvalue weighted by Crippen LogP contribution is 2.24. The number of Topliss-reactive ketones (excluding diaryl/α,β-unsaturated/α-hetero) is 2. The number of likely N-dealkylation sites (tertiary alicyclic amines) is 1. The largest absolute Gasteiger partial charge is 0.299 e. The predicted octanol–water partition coefficient (Wildman–Crippen LogP) is 3.48. The fraction of sp³-hybridized carbons (Fsp3) is 0.467. The van der Waals surface area contributed by atoms with Gasteiger partial charge in [0, 0.05) is 36.0 Å². The molecule has 0 bridgehead atoms. The van der Waals surface area contributed by atoms with Crippen LogP contribution in [0.3, 0.4) is 0 Å². The Kier molecular flexibility index (Phi) is 4.84. The quantitative estimate of drug-likeness (QED) is 0.802. The SMILES string of the molecule is CC1CN(C(C)C(=O)c2ccc(Cl)cc2Cl)CCC1=O. The number of piperidine rings is 1. The standard InChI is InChI=1S/C15H17Cl2NO2/c1-9-8-18(6-5-14(9)19)10(2)15(20)12-4-3-11(16)7-13(12)17/h3-4,7,9-10H,5-6,8H2,1-2H3. The first-order valence-corrected chi connectivity index (χ1v) is 7.41. The van der Waals surface area contributed by atoms with Crippen LogP contribution in [0.4, 0.5) is 0 Å². The molecule has 1 aromatic rings. The number of benzene rings is 1. The number of rotatable bonds is 3. The fourth-order valence-corrected chi connectivity index (χ4v) is 2.98. The number of hydrogen-bond acceptors (Lipinski definition) is 3. The van der Waals surface area contributed by atoms with Crippen LogP contribution in [0.5, 0.6) is 0 Å². The molecule has 1 aliphatic heterocycles. The Morgan fingerprint density at radius 1 is 1.40 bits per heavy atom. The van der Waals surface area contributed by atoms with Gasteiger partial charge in [-0.1, -0.05) is 30.1 Å². The molecule has 108 valence electrons. The van der Waals surface area contributed by atoms with Crippen molar-refractivity contribution in [1.82, 2.24) is 4.90 Å². The highest BCUT2D eigenvalue weighted by molar-refractivity contribution is 6.37. The van der Waals surface area contributed by atoms with Crippen molar-refractivity contribution in [3.8, 4) is 0 Å². The summed E-state index contributed by atoms with van der Waals surface area (Å²) in [7, 11) is 0. The highest BCUT2D eigenvalue weighted by atomic mass is 35.5. The summed E-state index contributed by atoms with van der Waals surface area (Å²) in [4.78, 5) is 26.1. The lowest BCUT2D eigenvalue weighted by Crippen LogP contribution is -2.47. The second-order valence-electron chi connectivity index (χ2n) is 5.28. The third-order valence-electron chi connectivity index (χ3n) is 3.83. The summed E-state index contributed by atoms with van der Waals surface area (Å²) in [5.74, 6) is 0.221. The molecular weight excluding hydrogens is 297 g/mol. The fourth-order valence-electron chi connectivity index (χ4n) is 2.48. The molecule has 1 aromatic carbocycles. The van der Waals surface area contributed by atoms with Gasteiger partial charge in [-0.2, -0.15) is 0 Å². The van der Waals surface area contributed by atoms with Gasteiger partial charge >= 0.3 is 0 Å². The first-order valence-electron chi connectivity index (χ1n) is 6.66. The van der Waals surface area contributed by atoms with E-state index in [1.54, 1.807) is 18.2 Å². The van der Waals surface area contributed by atoms with Gasteiger partial charge in [0.15, 0.2) is 5.78 Å². The molecule has 1 fully saturated rings. The lowest BCUT2D eigenvalue weighted by atomic mass is 9.95. The Balaban J connectivity index is 2.14. The summed E-state index contributed by atoms with van der Waals surface area (Å²) in [6.45, 7) is 5.01. The van der Waals surface area contributed by atoms with Crippen LogP contribution in [0.1, 0.15) is 30.6 Å². The first kappa shape index (κ1) is 15.5. The summed E-state index contributed by atoms with van der Waals surface area (Å²) in [5, 5.41) is 0.881. The van der Waals surface area contributed by atoms with Crippen LogP contribution in [-0.2, 0) is 4.79 Å². The minimum atomic E-state index is -0.288. The molecular formula is C15H17Cl2NO2. The van der Waals surface area contributed by atoms with Crippen molar-refractivity contribution in [2.45, 2.75) is 26.3 Å². The summed E-state index contributed by atoms with van der Waals surface area (Å²) in [6.07, 6.45) is 0.507. The minimum absolute atomic E-state index is 0.0142. The average molecular weight is 314 g/mol. The molecule has 0 radical (unpaired) electrons. The van der Waals surface area contributed by atoms with Crippen LogP contribution in [0, 0.1) is 5.92 Å². The van der Waals surface area contributed by atoms with Crippen molar-refractivity contribution < 1.29 is 9.59 Å². The van der Waals surface area contributed by atoms with Gasteiger partial charge in [-0.25, -0.2) is 0 Å². The predicted molar refractivity (Wildman–Crippen MR) is 80.6 cm³/mol. The molecule has 0 amide bonds. The van der Waals surface area contributed by atoms with E-state index in [0.29, 0.717) is 35.1 Å². The molecule has 0 N–H and O–H groups in total. The van der Waals surface area contributed by atoms with Gasteiger partial charge < -0.3 is 0 Å². The number of halogens is 2. The van der Waals surface area contributed by atoms with Crippen molar-refractivity contribution in [2.75, 3.05) is 13.1 Å². The minimum Gasteiger partial charge on any atom is -0.299 e. The van der Waals surface area contributed by atoms with Gasteiger partial charge in [0.25, 0.3) is 0 Å². The molecule has 0 aliphatic carbocycles. The number of carbonyl (C=O) groups excluding carboxylic acids is 2. The number of ketones is 2. The lowest BCUT2D eigenvalue weighted by Gasteiger charge is -2.34. The molecule has 1 saturated heterocycles. The Labute approximate surface area is 128 Å². The van der Waals surface area contributed by atoms with E-state index in [4.69, 9.17) is 23.2 Å². The molecule has 2 unspecified atom stereocenters. The van der Waals surface area contributed by atoms with E-state index >= 15 is 0 Å². The topological polar surface area (TPSA) is 37.4 Å². The average Bonchev–Trinajstić information content (AvgIpc) is 2.40. The summed E-state index contributed by atoms with van der Waals surface area (Å²) >= 11 is 11.9. The van der Waals surface area contributed by atoms with E-state index in [0.717, 1.165) is 0 Å². The number of carbonyl (C=O) groups is 2. The zero-order chi connectivity index (χ0) is 14.9.